The molecule has 0 aliphatic rings. The normalized spacial score (nSPS) is 10.7. The molecular weight excluding hydrogens is 244 g/mol. The Morgan fingerprint density at radius 1 is 0.947 bits per heavy atom. The van der Waals surface area contributed by atoms with Gasteiger partial charge in [0.15, 0.2) is 5.92 Å². The van der Waals surface area contributed by atoms with Gasteiger partial charge in [-0.25, -0.2) is 0 Å². The number of rotatable bonds is 6. The average Bonchev–Trinajstić information content (AvgIpc) is 2.36. The van der Waals surface area contributed by atoms with Crippen LogP contribution in [0.5, 0.6) is 0 Å². The molecule has 1 rings (SSSR count). The summed E-state index contributed by atoms with van der Waals surface area (Å²) in [5.74, 6) is -4.10. The first-order valence-electron chi connectivity index (χ1n) is 6.56. The third-order valence-corrected chi connectivity index (χ3v) is 3.46. The Morgan fingerprint density at radius 3 is 1.84 bits per heavy atom. The summed E-state index contributed by atoms with van der Waals surface area (Å²) in [6.45, 7) is 5.98. The summed E-state index contributed by atoms with van der Waals surface area (Å²) in [7, 11) is 0. The van der Waals surface area contributed by atoms with Gasteiger partial charge in [0, 0.05) is 0 Å². The zero-order valence-electron chi connectivity index (χ0n) is 11.6. The highest BCUT2D eigenvalue weighted by Crippen LogP contribution is 2.28. The van der Waals surface area contributed by atoms with Crippen LogP contribution in [0.1, 0.15) is 48.9 Å². The molecule has 0 amide bonds. The van der Waals surface area contributed by atoms with Crippen molar-refractivity contribution in [2.75, 3.05) is 0 Å². The van der Waals surface area contributed by atoms with E-state index in [2.05, 4.69) is 0 Å². The van der Waals surface area contributed by atoms with Crippen molar-refractivity contribution in [3.63, 3.8) is 0 Å². The SMILES string of the molecule is CCc1ccc(C(C(=O)O)C(=O)O)c(CC)c1CC. The Labute approximate surface area is 113 Å². The molecule has 1 aromatic carbocycles. The van der Waals surface area contributed by atoms with E-state index in [1.54, 1.807) is 6.07 Å². The van der Waals surface area contributed by atoms with E-state index in [4.69, 9.17) is 10.2 Å². The third kappa shape index (κ3) is 2.95. The Balaban J connectivity index is 3.51. The maximum absolute atomic E-state index is 11.2. The number of aryl methyl sites for hydroxylation is 1. The van der Waals surface area contributed by atoms with Gasteiger partial charge in [-0.05, 0) is 41.5 Å². The van der Waals surface area contributed by atoms with Crippen molar-refractivity contribution in [3.8, 4) is 0 Å². The van der Waals surface area contributed by atoms with Gasteiger partial charge in [0.25, 0.3) is 0 Å². The predicted molar refractivity (Wildman–Crippen MR) is 72.6 cm³/mol. The van der Waals surface area contributed by atoms with E-state index in [1.165, 1.54) is 0 Å². The topological polar surface area (TPSA) is 74.6 Å². The second-order valence-electron chi connectivity index (χ2n) is 4.44. The summed E-state index contributed by atoms with van der Waals surface area (Å²) < 4.78 is 0. The zero-order valence-corrected chi connectivity index (χ0v) is 11.6. The lowest BCUT2D eigenvalue weighted by Crippen LogP contribution is -2.23. The quantitative estimate of drug-likeness (QED) is 0.774. The Morgan fingerprint density at radius 2 is 1.47 bits per heavy atom. The third-order valence-electron chi connectivity index (χ3n) is 3.46. The van der Waals surface area contributed by atoms with E-state index in [-0.39, 0.29) is 0 Å². The molecule has 19 heavy (non-hydrogen) atoms. The summed E-state index contributed by atoms with van der Waals surface area (Å²) in [6, 6.07) is 3.51. The molecular formula is C15H20O4. The van der Waals surface area contributed by atoms with Gasteiger partial charge in [0.1, 0.15) is 0 Å². The Bertz CT molecular complexity index is 477. The van der Waals surface area contributed by atoms with Gasteiger partial charge >= 0.3 is 11.9 Å². The fraction of sp³-hybridized carbons (Fsp3) is 0.467. The monoisotopic (exact) mass is 264 g/mol. The highest BCUT2D eigenvalue weighted by Gasteiger charge is 2.30. The van der Waals surface area contributed by atoms with Crippen LogP contribution in [0.15, 0.2) is 12.1 Å². The molecule has 0 spiro atoms. The minimum Gasteiger partial charge on any atom is -0.480 e. The van der Waals surface area contributed by atoms with Crippen LogP contribution in [0.4, 0.5) is 0 Å². The molecule has 0 saturated carbocycles. The maximum atomic E-state index is 11.2. The van der Waals surface area contributed by atoms with Gasteiger partial charge in [-0.1, -0.05) is 32.9 Å². The molecule has 4 nitrogen and oxygen atoms in total. The van der Waals surface area contributed by atoms with Gasteiger partial charge < -0.3 is 10.2 Å². The second-order valence-corrected chi connectivity index (χ2v) is 4.44. The number of benzene rings is 1. The lowest BCUT2D eigenvalue weighted by atomic mass is 9.86. The van der Waals surface area contributed by atoms with Gasteiger partial charge in [0.05, 0.1) is 0 Å². The molecule has 0 aromatic heterocycles. The first-order chi connectivity index (χ1) is 8.97. The average molecular weight is 264 g/mol. The lowest BCUT2D eigenvalue weighted by molar-refractivity contribution is -0.150. The molecule has 0 aliphatic carbocycles. The van der Waals surface area contributed by atoms with E-state index in [0.29, 0.717) is 12.0 Å². The molecule has 0 unspecified atom stereocenters. The van der Waals surface area contributed by atoms with E-state index in [9.17, 15) is 9.59 Å². The molecule has 0 atom stereocenters. The molecule has 0 saturated heterocycles. The fourth-order valence-corrected chi connectivity index (χ4v) is 2.59. The van der Waals surface area contributed by atoms with Crippen molar-refractivity contribution in [3.05, 3.63) is 34.4 Å². The highest BCUT2D eigenvalue weighted by molar-refractivity contribution is 5.99. The van der Waals surface area contributed by atoms with E-state index >= 15 is 0 Å². The maximum Gasteiger partial charge on any atom is 0.322 e. The molecule has 4 heteroatoms. The minimum absolute atomic E-state index is 0.413. The first-order valence-corrected chi connectivity index (χ1v) is 6.56. The van der Waals surface area contributed by atoms with Crippen molar-refractivity contribution in [1.82, 2.24) is 0 Å². The van der Waals surface area contributed by atoms with Crippen molar-refractivity contribution < 1.29 is 19.8 Å². The van der Waals surface area contributed by atoms with Crippen LogP contribution < -0.4 is 0 Å². The number of carboxylic acid groups (broad SMARTS) is 2. The first kappa shape index (κ1) is 15.2. The van der Waals surface area contributed by atoms with E-state index in [0.717, 1.165) is 29.5 Å². The van der Waals surface area contributed by atoms with Crippen LogP contribution in [0.3, 0.4) is 0 Å². The summed E-state index contributed by atoms with van der Waals surface area (Å²) in [5, 5.41) is 18.3. The number of carboxylic acids is 2. The Hall–Kier alpha value is -1.84. The van der Waals surface area contributed by atoms with E-state index < -0.39 is 17.9 Å². The smallest absolute Gasteiger partial charge is 0.322 e. The molecule has 0 fully saturated rings. The number of hydrogen-bond donors (Lipinski definition) is 2. The molecule has 0 aliphatic heterocycles. The van der Waals surface area contributed by atoms with Gasteiger partial charge in [-0.3, -0.25) is 9.59 Å². The molecule has 2 N–H and O–H groups in total. The highest BCUT2D eigenvalue weighted by atomic mass is 16.4. The van der Waals surface area contributed by atoms with Crippen molar-refractivity contribution in [2.24, 2.45) is 0 Å². The van der Waals surface area contributed by atoms with Gasteiger partial charge in [-0.15, -0.1) is 0 Å². The minimum atomic E-state index is -1.48. The van der Waals surface area contributed by atoms with Crippen LogP contribution in [0.25, 0.3) is 0 Å². The summed E-state index contributed by atoms with van der Waals surface area (Å²) in [6.07, 6.45) is 2.29. The van der Waals surface area contributed by atoms with Gasteiger partial charge in [-0.2, -0.15) is 0 Å². The molecule has 0 radical (unpaired) electrons. The summed E-state index contributed by atoms with van der Waals surface area (Å²) >= 11 is 0. The van der Waals surface area contributed by atoms with Crippen LogP contribution >= 0.6 is 0 Å². The Kier molecular flexibility index (Phi) is 5.10. The molecule has 104 valence electrons. The predicted octanol–water partition coefficient (Wildman–Crippen LogP) is 2.63. The van der Waals surface area contributed by atoms with Crippen LogP contribution in [0.2, 0.25) is 0 Å². The van der Waals surface area contributed by atoms with Crippen LogP contribution in [-0.2, 0) is 28.9 Å². The lowest BCUT2D eigenvalue weighted by Gasteiger charge is -2.19. The molecule has 0 heterocycles. The zero-order chi connectivity index (χ0) is 14.6. The standard InChI is InChI=1S/C15H20O4/c1-4-9-7-8-12(11(6-3)10(9)5-2)13(14(16)17)15(18)19/h7-8,13H,4-6H2,1-3H3,(H,16,17)(H,18,19). The van der Waals surface area contributed by atoms with Gasteiger partial charge in [0.2, 0.25) is 0 Å². The van der Waals surface area contributed by atoms with Crippen molar-refractivity contribution in [1.29, 1.82) is 0 Å². The van der Waals surface area contributed by atoms with E-state index in [1.807, 2.05) is 26.8 Å². The summed E-state index contributed by atoms with van der Waals surface area (Å²) in [5.41, 5.74) is 3.54. The second kappa shape index (κ2) is 6.36. The molecule has 0 bridgehead atoms. The number of carbonyl (C=O) groups is 2. The summed E-state index contributed by atoms with van der Waals surface area (Å²) in [4.78, 5) is 22.4. The number of aliphatic carboxylic acids is 2. The molecule has 1 aromatic rings. The largest absolute Gasteiger partial charge is 0.480 e. The van der Waals surface area contributed by atoms with Crippen molar-refractivity contribution in [2.45, 2.75) is 46.0 Å². The van der Waals surface area contributed by atoms with Crippen LogP contribution in [-0.4, -0.2) is 22.2 Å². The van der Waals surface area contributed by atoms with Crippen molar-refractivity contribution >= 4 is 11.9 Å². The number of hydrogen-bond acceptors (Lipinski definition) is 2. The fourth-order valence-electron chi connectivity index (χ4n) is 2.59. The van der Waals surface area contributed by atoms with Crippen LogP contribution in [0, 0.1) is 0 Å².